The molecule has 0 saturated carbocycles. The third kappa shape index (κ3) is 6.69. The molecule has 4 unspecified atom stereocenters. The van der Waals surface area contributed by atoms with E-state index in [2.05, 4.69) is 0 Å². The molecule has 0 aromatic rings. The summed E-state index contributed by atoms with van der Waals surface area (Å²) < 4.78 is 14.3. The van der Waals surface area contributed by atoms with Gasteiger partial charge in [-0.1, -0.05) is 13.8 Å². The van der Waals surface area contributed by atoms with E-state index in [1.165, 1.54) is 28.1 Å². The van der Waals surface area contributed by atoms with E-state index >= 15 is 0 Å². The highest BCUT2D eigenvalue weighted by molar-refractivity contribution is 5.82. The van der Waals surface area contributed by atoms with Gasteiger partial charge in [-0.3, -0.25) is 19.2 Å². The standard InChI is InChI=1S/C20H34O9/c1-8-18(3,16(25)28-7)10-20(5,15(23)24)11-19(4,17(26)29-12-21)9-13(2)14(22)27-6/h13,21H,8-12H2,1-7H3,(H,23,24). The van der Waals surface area contributed by atoms with Crippen molar-refractivity contribution >= 4 is 23.9 Å². The lowest BCUT2D eigenvalue weighted by atomic mass is 9.63. The summed E-state index contributed by atoms with van der Waals surface area (Å²) in [5, 5.41) is 19.0. The van der Waals surface area contributed by atoms with Crippen molar-refractivity contribution in [2.45, 2.75) is 60.3 Å². The number of esters is 3. The molecule has 29 heavy (non-hydrogen) atoms. The van der Waals surface area contributed by atoms with Crippen LogP contribution in [0.5, 0.6) is 0 Å². The molecule has 0 heterocycles. The number of aliphatic hydroxyl groups is 1. The first kappa shape index (κ1) is 26.8. The summed E-state index contributed by atoms with van der Waals surface area (Å²) in [5.74, 6) is -3.85. The van der Waals surface area contributed by atoms with Gasteiger partial charge in [-0.25, -0.2) is 0 Å². The molecule has 168 valence electrons. The number of aliphatic carboxylic acids is 1. The second-order valence-corrected chi connectivity index (χ2v) is 8.38. The van der Waals surface area contributed by atoms with E-state index in [9.17, 15) is 24.3 Å². The summed E-state index contributed by atoms with van der Waals surface area (Å²) in [6, 6.07) is 0. The van der Waals surface area contributed by atoms with Crippen LogP contribution in [0.2, 0.25) is 0 Å². The second-order valence-electron chi connectivity index (χ2n) is 8.38. The molecule has 0 aliphatic carbocycles. The Kier molecular flexibility index (Phi) is 9.78. The number of carbonyl (C=O) groups excluding carboxylic acids is 3. The predicted octanol–water partition coefficient (Wildman–Crippen LogP) is 2.15. The van der Waals surface area contributed by atoms with Crippen LogP contribution in [-0.2, 0) is 33.4 Å². The highest BCUT2D eigenvalue weighted by Crippen LogP contribution is 2.47. The first-order chi connectivity index (χ1) is 13.2. The molecule has 4 atom stereocenters. The molecular weight excluding hydrogens is 384 g/mol. The largest absolute Gasteiger partial charge is 0.481 e. The molecule has 0 spiro atoms. The van der Waals surface area contributed by atoms with Crippen molar-refractivity contribution in [1.82, 2.24) is 0 Å². The predicted molar refractivity (Wildman–Crippen MR) is 102 cm³/mol. The molecule has 0 bridgehead atoms. The Labute approximate surface area is 171 Å². The Balaban J connectivity index is 6.09. The first-order valence-corrected chi connectivity index (χ1v) is 9.43. The molecule has 0 aliphatic heterocycles. The van der Waals surface area contributed by atoms with E-state index in [-0.39, 0.29) is 19.3 Å². The molecule has 0 saturated heterocycles. The number of rotatable bonds is 12. The van der Waals surface area contributed by atoms with Crippen molar-refractivity contribution in [1.29, 1.82) is 0 Å². The zero-order valence-electron chi connectivity index (χ0n) is 18.4. The summed E-state index contributed by atoms with van der Waals surface area (Å²) in [4.78, 5) is 49.0. The van der Waals surface area contributed by atoms with Crippen molar-refractivity contribution in [2.24, 2.45) is 22.2 Å². The van der Waals surface area contributed by atoms with Crippen molar-refractivity contribution in [2.75, 3.05) is 21.0 Å². The van der Waals surface area contributed by atoms with E-state index in [0.29, 0.717) is 6.42 Å². The van der Waals surface area contributed by atoms with Gasteiger partial charge in [0.05, 0.1) is 36.4 Å². The first-order valence-electron chi connectivity index (χ1n) is 9.43. The minimum Gasteiger partial charge on any atom is -0.481 e. The fraction of sp³-hybridized carbons (Fsp3) is 0.800. The second kappa shape index (κ2) is 10.6. The van der Waals surface area contributed by atoms with Gasteiger partial charge < -0.3 is 24.4 Å². The summed E-state index contributed by atoms with van der Waals surface area (Å²) in [6.07, 6.45) is -0.0312. The Hall–Kier alpha value is -2.16. The van der Waals surface area contributed by atoms with Gasteiger partial charge in [0, 0.05) is 0 Å². The van der Waals surface area contributed by atoms with Gasteiger partial charge in [0.2, 0.25) is 0 Å². The molecule has 0 amide bonds. The molecule has 9 nitrogen and oxygen atoms in total. The maximum atomic E-state index is 12.6. The monoisotopic (exact) mass is 418 g/mol. The van der Waals surface area contributed by atoms with Crippen molar-refractivity contribution < 1.29 is 43.6 Å². The van der Waals surface area contributed by atoms with Crippen LogP contribution in [0.3, 0.4) is 0 Å². The average Bonchev–Trinajstić information content (AvgIpc) is 2.65. The smallest absolute Gasteiger partial charge is 0.313 e. The SMILES string of the molecule is CCC(C)(CC(C)(CC(C)(CC(C)C(=O)OC)C(=O)OCO)C(=O)O)C(=O)OC. The third-order valence-electron chi connectivity index (χ3n) is 5.58. The van der Waals surface area contributed by atoms with Crippen LogP contribution in [0.1, 0.15) is 60.3 Å². The molecule has 0 fully saturated rings. The van der Waals surface area contributed by atoms with Crippen LogP contribution < -0.4 is 0 Å². The van der Waals surface area contributed by atoms with E-state index in [0.717, 1.165) is 0 Å². The summed E-state index contributed by atoms with van der Waals surface area (Å²) >= 11 is 0. The van der Waals surface area contributed by atoms with Crippen LogP contribution >= 0.6 is 0 Å². The normalized spacial score (nSPS) is 18.3. The zero-order valence-corrected chi connectivity index (χ0v) is 18.4. The van der Waals surface area contributed by atoms with E-state index in [4.69, 9.17) is 19.3 Å². The lowest BCUT2D eigenvalue weighted by Crippen LogP contribution is -2.45. The van der Waals surface area contributed by atoms with Crippen LogP contribution in [0.25, 0.3) is 0 Å². The average molecular weight is 418 g/mol. The lowest BCUT2D eigenvalue weighted by Gasteiger charge is -2.40. The molecule has 0 aliphatic rings. The van der Waals surface area contributed by atoms with Crippen LogP contribution in [0.15, 0.2) is 0 Å². The fourth-order valence-corrected chi connectivity index (χ4v) is 3.94. The Bertz CT molecular complexity index is 615. The number of carboxylic acid groups (broad SMARTS) is 1. The Morgan fingerprint density at radius 3 is 1.79 bits per heavy atom. The molecule has 0 aromatic heterocycles. The van der Waals surface area contributed by atoms with Gasteiger partial charge >= 0.3 is 23.9 Å². The quantitative estimate of drug-likeness (QED) is 0.277. The number of carbonyl (C=O) groups is 4. The molecule has 0 rings (SSSR count). The molecule has 0 radical (unpaired) electrons. The maximum absolute atomic E-state index is 12.6. The van der Waals surface area contributed by atoms with E-state index < -0.39 is 52.8 Å². The van der Waals surface area contributed by atoms with Gasteiger partial charge in [-0.2, -0.15) is 0 Å². The van der Waals surface area contributed by atoms with Gasteiger partial charge in [-0.05, 0) is 46.5 Å². The Morgan fingerprint density at radius 1 is 0.897 bits per heavy atom. The highest BCUT2D eigenvalue weighted by Gasteiger charge is 2.51. The maximum Gasteiger partial charge on any atom is 0.313 e. The van der Waals surface area contributed by atoms with Gasteiger partial charge in [0.1, 0.15) is 0 Å². The van der Waals surface area contributed by atoms with Crippen LogP contribution in [0, 0.1) is 22.2 Å². The number of aliphatic hydroxyl groups excluding tert-OH is 1. The topological polar surface area (TPSA) is 136 Å². The minimum absolute atomic E-state index is 0.0531. The van der Waals surface area contributed by atoms with Crippen molar-refractivity contribution in [3.05, 3.63) is 0 Å². The lowest BCUT2D eigenvalue weighted by molar-refractivity contribution is -0.171. The molecule has 2 N–H and O–H groups in total. The summed E-state index contributed by atoms with van der Waals surface area (Å²) in [7, 11) is 2.45. The third-order valence-corrected chi connectivity index (χ3v) is 5.58. The number of hydrogen-bond donors (Lipinski definition) is 2. The molecular formula is C20H34O9. The van der Waals surface area contributed by atoms with Crippen molar-refractivity contribution in [3.63, 3.8) is 0 Å². The van der Waals surface area contributed by atoms with Crippen LogP contribution in [0.4, 0.5) is 0 Å². The van der Waals surface area contributed by atoms with Gasteiger partial charge in [0.25, 0.3) is 0 Å². The molecule has 9 heteroatoms. The van der Waals surface area contributed by atoms with Crippen molar-refractivity contribution in [3.8, 4) is 0 Å². The highest BCUT2D eigenvalue weighted by atomic mass is 16.6. The summed E-state index contributed by atoms with van der Waals surface area (Å²) in [6.45, 7) is 6.96. The van der Waals surface area contributed by atoms with Crippen LogP contribution in [-0.4, -0.2) is 55.1 Å². The van der Waals surface area contributed by atoms with E-state index in [1.807, 2.05) is 0 Å². The van der Waals surface area contributed by atoms with E-state index in [1.54, 1.807) is 20.8 Å². The number of carboxylic acids is 1. The minimum atomic E-state index is -1.52. The number of hydrogen-bond acceptors (Lipinski definition) is 8. The van der Waals surface area contributed by atoms with Gasteiger partial charge in [0.15, 0.2) is 6.79 Å². The molecule has 0 aromatic carbocycles. The fourth-order valence-electron chi connectivity index (χ4n) is 3.94. The zero-order chi connectivity index (χ0) is 23.0. The number of methoxy groups -OCH3 is 2. The van der Waals surface area contributed by atoms with Gasteiger partial charge in [-0.15, -0.1) is 0 Å². The summed E-state index contributed by atoms with van der Waals surface area (Å²) in [5.41, 5.74) is -4.02. The Morgan fingerprint density at radius 2 is 1.41 bits per heavy atom. The number of ether oxygens (including phenoxy) is 3.